The summed E-state index contributed by atoms with van der Waals surface area (Å²) in [5.41, 5.74) is 0.909. The fourth-order valence-corrected chi connectivity index (χ4v) is 3.51. The van der Waals surface area contributed by atoms with Gasteiger partial charge in [-0.2, -0.15) is 0 Å². The summed E-state index contributed by atoms with van der Waals surface area (Å²) in [5.74, 6) is 0. The number of halogens is 2. The summed E-state index contributed by atoms with van der Waals surface area (Å²) in [6.07, 6.45) is 0. The average molecular weight is 406 g/mol. The van der Waals surface area contributed by atoms with Crippen LogP contribution in [-0.4, -0.2) is 4.92 Å². The molecule has 7 heteroatoms. The standard InChI is InChI=1S/C12H10Br2N2O2S/c1-7(11-4-5-12(14)19-11)15-10-3-2-8(16(17)18)6-9(10)13/h2-7,15H,1H3. The van der Waals surface area contributed by atoms with E-state index < -0.39 is 4.92 Å². The average Bonchev–Trinajstić information content (AvgIpc) is 2.78. The van der Waals surface area contributed by atoms with E-state index in [-0.39, 0.29) is 11.7 Å². The predicted octanol–water partition coefficient (Wildman–Crippen LogP) is 5.35. The fourth-order valence-electron chi connectivity index (χ4n) is 1.60. The molecular weight excluding hydrogens is 396 g/mol. The third kappa shape index (κ3) is 3.55. The minimum Gasteiger partial charge on any atom is -0.377 e. The second-order valence-electron chi connectivity index (χ2n) is 3.93. The monoisotopic (exact) mass is 404 g/mol. The zero-order chi connectivity index (χ0) is 14.0. The number of thiophene rings is 1. The number of benzene rings is 1. The van der Waals surface area contributed by atoms with E-state index in [9.17, 15) is 10.1 Å². The Bertz CT molecular complexity index is 616. The minimum absolute atomic E-state index is 0.0731. The summed E-state index contributed by atoms with van der Waals surface area (Å²) >= 11 is 8.44. The molecule has 1 heterocycles. The lowest BCUT2D eigenvalue weighted by Crippen LogP contribution is -2.05. The summed E-state index contributed by atoms with van der Waals surface area (Å²) in [6, 6.07) is 8.88. The lowest BCUT2D eigenvalue weighted by Gasteiger charge is -2.14. The summed E-state index contributed by atoms with van der Waals surface area (Å²) in [5, 5.41) is 14.0. The Morgan fingerprint density at radius 1 is 1.32 bits per heavy atom. The number of nitrogens with one attached hydrogen (secondary N) is 1. The van der Waals surface area contributed by atoms with Crippen LogP contribution in [0, 0.1) is 10.1 Å². The van der Waals surface area contributed by atoms with Gasteiger partial charge in [0.25, 0.3) is 5.69 Å². The maximum absolute atomic E-state index is 10.7. The van der Waals surface area contributed by atoms with Gasteiger partial charge in [0.15, 0.2) is 0 Å². The van der Waals surface area contributed by atoms with Crippen molar-refractivity contribution in [3.63, 3.8) is 0 Å². The number of nitro groups is 1. The summed E-state index contributed by atoms with van der Waals surface area (Å²) in [6.45, 7) is 2.05. The van der Waals surface area contributed by atoms with E-state index in [0.29, 0.717) is 4.47 Å². The molecule has 4 nitrogen and oxygen atoms in total. The van der Waals surface area contributed by atoms with E-state index in [2.05, 4.69) is 37.2 Å². The van der Waals surface area contributed by atoms with Gasteiger partial charge in [0.05, 0.1) is 14.8 Å². The molecule has 1 N–H and O–H groups in total. The first-order valence-corrected chi connectivity index (χ1v) is 7.83. The number of rotatable bonds is 4. The molecule has 0 saturated carbocycles. The number of anilines is 1. The highest BCUT2D eigenvalue weighted by atomic mass is 79.9. The molecule has 0 radical (unpaired) electrons. The summed E-state index contributed by atoms with van der Waals surface area (Å²) in [7, 11) is 0. The number of hydrogen-bond donors (Lipinski definition) is 1. The van der Waals surface area contributed by atoms with Gasteiger partial charge in [0.1, 0.15) is 0 Å². The maximum atomic E-state index is 10.7. The van der Waals surface area contributed by atoms with Crippen LogP contribution >= 0.6 is 43.2 Å². The van der Waals surface area contributed by atoms with Gasteiger partial charge in [0.2, 0.25) is 0 Å². The van der Waals surface area contributed by atoms with Crippen molar-refractivity contribution in [2.24, 2.45) is 0 Å². The molecule has 0 saturated heterocycles. The van der Waals surface area contributed by atoms with Gasteiger partial charge in [-0.05, 0) is 57.0 Å². The van der Waals surface area contributed by atoms with E-state index in [1.807, 2.05) is 19.1 Å². The van der Waals surface area contributed by atoms with Crippen LogP contribution in [0.4, 0.5) is 11.4 Å². The van der Waals surface area contributed by atoms with Crippen LogP contribution in [0.15, 0.2) is 38.6 Å². The first-order valence-electron chi connectivity index (χ1n) is 5.43. The van der Waals surface area contributed by atoms with Gasteiger partial charge >= 0.3 is 0 Å². The Morgan fingerprint density at radius 3 is 2.58 bits per heavy atom. The molecular formula is C12H10Br2N2O2S. The molecule has 100 valence electrons. The molecule has 19 heavy (non-hydrogen) atoms. The first-order chi connectivity index (χ1) is 8.97. The molecule has 2 rings (SSSR count). The van der Waals surface area contributed by atoms with Crippen LogP contribution in [0.5, 0.6) is 0 Å². The molecule has 0 fully saturated rings. The summed E-state index contributed by atoms with van der Waals surface area (Å²) < 4.78 is 1.77. The van der Waals surface area contributed by atoms with Crippen LogP contribution in [0.2, 0.25) is 0 Å². The van der Waals surface area contributed by atoms with Crippen molar-refractivity contribution in [1.29, 1.82) is 0 Å². The molecule has 1 aromatic heterocycles. The van der Waals surface area contributed by atoms with E-state index in [1.165, 1.54) is 17.0 Å². The smallest absolute Gasteiger partial charge is 0.270 e. The topological polar surface area (TPSA) is 55.2 Å². The lowest BCUT2D eigenvalue weighted by atomic mass is 10.2. The van der Waals surface area contributed by atoms with Crippen LogP contribution < -0.4 is 5.32 Å². The van der Waals surface area contributed by atoms with E-state index in [1.54, 1.807) is 17.4 Å². The Labute approximate surface area is 131 Å². The van der Waals surface area contributed by atoms with Gasteiger partial charge in [0, 0.05) is 27.2 Å². The van der Waals surface area contributed by atoms with Crippen molar-refractivity contribution in [2.45, 2.75) is 13.0 Å². The molecule has 0 amide bonds. The van der Waals surface area contributed by atoms with E-state index in [4.69, 9.17) is 0 Å². The molecule has 1 aromatic carbocycles. The first kappa shape index (κ1) is 14.5. The van der Waals surface area contributed by atoms with Crippen LogP contribution in [0.25, 0.3) is 0 Å². The molecule has 1 atom stereocenters. The highest BCUT2D eigenvalue weighted by Crippen LogP contribution is 2.33. The minimum atomic E-state index is -0.408. The Balaban J connectivity index is 2.17. The van der Waals surface area contributed by atoms with Crippen molar-refractivity contribution in [3.8, 4) is 0 Å². The van der Waals surface area contributed by atoms with Crippen molar-refractivity contribution >= 4 is 54.6 Å². The second-order valence-corrected chi connectivity index (χ2v) is 7.28. The van der Waals surface area contributed by atoms with Crippen molar-refractivity contribution in [3.05, 3.63) is 53.6 Å². The molecule has 0 spiro atoms. The zero-order valence-corrected chi connectivity index (χ0v) is 13.9. The molecule has 1 unspecified atom stereocenters. The SMILES string of the molecule is CC(Nc1ccc([N+](=O)[O-])cc1Br)c1ccc(Br)s1. The van der Waals surface area contributed by atoms with Gasteiger partial charge in [-0.15, -0.1) is 11.3 Å². The quantitative estimate of drug-likeness (QED) is 0.550. The Hall–Kier alpha value is -0.920. The number of hydrogen-bond acceptors (Lipinski definition) is 4. The van der Waals surface area contributed by atoms with Gasteiger partial charge < -0.3 is 5.32 Å². The number of non-ortho nitro benzene ring substituents is 1. The Kier molecular flexibility index (Phi) is 4.59. The third-order valence-electron chi connectivity index (χ3n) is 2.56. The highest BCUT2D eigenvalue weighted by molar-refractivity contribution is 9.11. The van der Waals surface area contributed by atoms with E-state index >= 15 is 0 Å². The number of nitrogens with zero attached hydrogens (tertiary/aromatic N) is 1. The van der Waals surface area contributed by atoms with Crippen molar-refractivity contribution in [1.82, 2.24) is 0 Å². The fraction of sp³-hybridized carbons (Fsp3) is 0.167. The highest BCUT2D eigenvalue weighted by Gasteiger charge is 2.12. The zero-order valence-electron chi connectivity index (χ0n) is 9.89. The normalized spacial score (nSPS) is 12.2. The Morgan fingerprint density at radius 2 is 2.05 bits per heavy atom. The molecule has 0 aliphatic carbocycles. The van der Waals surface area contributed by atoms with Crippen molar-refractivity contribution < 1.29 is 4.92 Å². The van der Waals surface area contributed by atoms with Gasteiger partial charge in [-0.1, -0.05) is 0 Å². The van der Waals surface area contributed by atoms with Crippen LogP contribution in [0.3, 0.4) is 0 Å². The van der Waals surface area contributed by atoms with E-state index in [0.717, 1.165) is 9.47 Å². The van der Waals surface area contributed by atoms with Crippen LogP contribution in [-0.2, 0) is 0 Å². The van der Waals surface area contributed by atoms with Gasteiger partial charge in [-0.25, -0.2) is 0 Å². The second kappa shape index (κ2) is 6.02. The maximum Gasteiger partial charge on any atom is 0.270 e. The molecule has 2 aromatic rings. The number of nitro benzene ring substituents is 1. The molecule has 0 bridgehead atoms. The predicted molar refractivity (Wildman–Crippen MR) is 84.9 cm³/mol. The summed E-state index contributed by atoms with van der Waals surface area (Å²) in [4.78, 5) is 11.5. The van der Waals surface area contributed by atoms with Crippen molar-refractivity contribution in [2.75, 3.05) is 5.32 Å². The van der Waals surface area contributed by atoms with Crippen LogP contribution in [0.1, 0.15) is 17.8 Å². The lowest BCUT2D eigenvalue weighted by molar-refractivity contribution is -0.384. The van der Waals surface area contributed by atoms with Gasteiger partial charge in [-0.3, -0.25) is 10.1 Å². The molecule has 0 aliphatic heterocycles. The third-order valence-corrected chi connectivity index (χ3v) is 5.02. The molecule has 0 aliphatic rings. The largest absolute Gasteiger partial charge is 0.377 e.